The first-order chi connectivity index (χ1) is 6.15. The third kappa shape index (κ3) is 2.65. The van der Waals surface area contributed by atoms with E-state index in [-0.39, 0.29) is 18.0 Å². The highest BCUT2D eigenvalue weighted by atomic mass is 16.5. The summed E-state index contributed by atoms with van der Waals surface area (Å²) in [4.78, 5) is 11.1. The number of carbonyl (C=O) groups excluding carboxylic acids is 1. The highest BCUT2D eigenvalue weighted by Crippen LogP contribution is 2.05. The Morgan fingerprint density at radius 3 is 2.77 bits per heavy atom. The summed E-state index contributed by atoms with van der Waals surface area (Å²) in [6, 6.07) is -0.432. The molecule has 0 aromatic carbocycles. The second-order valence-electron chi connectivity index (χ2n) is 3.21. The normalized spacial score (nSPS) is 30.1. The van der Waals surface area contributed by atoms with Crippen LogP contribution in [0.25, 0.3) is 0 Å². The molecule has 1 heterocycles. The Labute approximate surface area is 77.5 Å². The minimum absolute atomic E-state index is 0.0842. The van der Waals surface area contributed by atoms with Crippen molar-refractivity contribution in [3.63, 3.8) is 0 Å². The van der Waals surface area contributed by atoms with Crippen LogP contribution < -0.4 is 10.6 Å². The standard InChI is InChI=1S/C8H16N2O3/c1-5(8(12)9-2)10-6-3-13-4-7(6)11/h5-7,10-11H,3-4H2,1-2H3,(H,9,12)/t5?,6-,7-/m1/s1. The molecule has 1 amide bonds. The van der Waals surface area contributed by atoms with Crippen LogP contribution in [0.2, 0.25) is 0 Å². The number of rotatable bonds is 3. The summed E-state index contributed by atoms with van der Waals surface area (Å²) in [6.45, 7) is 2.56. The van der Waals surface area contributed by atoms with Gasteiger partial charge in [-0.3, -0.25) is 10.1 Å². The molecule has 0 aliphatic carbocycles. The molecular formula is C8H16N2O3. The van der Waals surface area contributed by atoms with Gasteiger partial charge in [-0.1, -0.05) is 0 Å². The summed E-state index contributed by atoms with van der Waals surface area (Å²) in [5, 5.41) is 14.9. The molecule has 0 bridgehead atoms. The summed E-state index contributed by atoms with van der Waals surface area (Å²) in [5.41, 5.74) is 0. The first-order valence-corrected chi connectivity index (χ1v) is 4.38. The summed E-state index contributed by atoms with van der Waals surface area (Å²) in [7, 11) is 1.59. The topological polar surface area (TPSA) is 70.6 Å². The molecule has 1 saturated heterocycles. The Bertz CT molecular complexity index is 186. The number of aliphatic hydroxyl groups excluding tert-OH is 1. The van der Waals surface area contributed by atoms with Crippen molar-refractivity contribution in [1.29, 1.82) is 0 Å². The van der Waals surface area contributed by atoms with Gasteiger partial charge in [-0.2, -0.15) is 0 Å². The van der Waals surface area contributed by atoms with Gasteiger partial charge >= 0.3 is 0 Å². The molecule has 1 fully saturated rings. The number of carbonyl (C=O) groups is 1. The van der Waals surface area contributed by atoms with Crippen molar-refractivity contribution in [3.8, 4) is 0 Å². The minimum Gasteiger partial charge on any atom is -0.389 e. The maximum atomic E-state index is 11.1. The summed E-state index contributed by atoms with van der Waals surface area (Å²) in [6.07, 6.45) is -0.507. The van der Waals surface area contributed by atoms with Crippen molar-refractivity contribution in [2.24, 2.45) is 0 Å². The van der Waals surface area contributed by atoms with Gasteiger partial charge in [0.25, 0.3) is 0 Å². The van der Waals surface area contributed by atoms with E-state index in [1.54, 1.807) is 14.0 Å². The summed E-state index contributed by atoms with van der Waals surface area (Å²) in [5.74, 6) is -0.0842. The first kappa shape index (κ1) is 10.4. The highest BCUT2D eigenvalue weighted by molar-refractivity contribution is 5.80. The lowest BCUT2D eigenvalue weighted by atomic mass is 10.2. The third-order valence-electron chi connectivity index (χ3n) is 2.15. The first-order valence-electron chi connectivity index (χ1n) is 4.38. The Morgan fingerprint density at radius 1 is 1.62 bits per heavy atom. The van der Waals surface area contributed by atoms with E-state index in [2.05, 4.69) is 10.6 Å². The number of likely N-dealkylation sites (N-methyl/N-ethyl adjacent to an activating group) is 1. The van der Waals surface area contributed by atoms with Gasteiger partial charge in [0.05, 0.1) is 31.4 Å². The maximum Gasteiger partial charge on any atom is 0.236 e. The molecule has 3 atom stereocenters. The van der Waals surface area contributed by atoms with Gasteiger partial charge < -0.3 is 15.2 Å². The minimum atomic E-state index is -0.507. The average Bonchev–Trinajstić information content (AvgIpc) is 2.50. The smallest absolute Gasteiger partial charge is 0.236 e. The van der Waals surface area contributed by atoms with Gasteiger partial charge in [0, 0.05) is 7.05 Å². The zero-order valence-corrected chi connectivity index (χ0v) is 7.91. The zero-order valence-electron chi connectivity index (χ0n) is 7.91. The second kappa shape index (κ2) is 4.55. The maximum absolute atomic E-state index is 11.1. The van der Waals surface area contributed by atoms with Crippen LogP contribution in [0, 0.1) is 0 Å². The Hall–Kier alpha value is -0.650. The molecule has 3 N–H and O–H groups in total. The monoisotopic (exact) mass is 188 g/mol. The van der Waals surface area contributed by atoms with E-state index < -0.39 is 6.10 Å². The van der Waals surface area contributed by atoms with Crippen LogP contribution >= 0.6 is 0 Å². The van der Waals surface area contributed by atoms with Gasteiger partial charge in [0.1, 0.15) is 0 Å². The molecule has 0 aromatic rings. The lowest BCUT2D eigenvalue weighted by Crippen LogP contribution is -2.49. The number of amides is 1. The lowest BCUT2D eigenvalue weighted by molar-refractivity contribution is -0.122. The van der Waals surface area contributed by atoms with Crippen molar-refractivity contribution in [2.45, 2.75) is 25.1 Å². The van der Waals surface area contributed by atoms with Crippen LogP contribution in [0.15, 0.2) is 0 Å². The quantitative estimate of drug-likeness (QED) is 0.502. The predicted octanol–water partition coefficient (Wildman–Crippen LogP) is -1.53. The fraction of sp³-hybridized carbons (Fsp3) is 0.875. The fourth-order valence-electron chi connectivity index (χ4n) is 1.32. The molecule has 0 aromatic heterocycles. The zero-order chi connectivity index (χ0) is 9.84. The molecule has 0 saturated carbocycles. The number of nitrogens with one attached hydrogen (secondary N) is 2. The van der Waals surface area contributed by atoms with Crippen LogP contribution in [0.5, 0.6) is 0 Å². The Morgan fingerprint density at radius 2 is 2.31 bits per heavy atom. The van der Waals surface area contributed by atoms with E-state index in [4.69, 9.17) is 4.74 Å². The molecule has 76 valence electrons. The van der Waals surface area contributed by atoms with E-state index >= 15 is 0 Å². The van der Waals surface area contributed by atoms with E-state index in [1.165, 1.54) is 0 Å². The molecule has 1 rings (SSSR count). The molecule has 0 radical (unpaired) electrons. The van der Waals surface area contributed by atoms with Crippen LogP contribution in [0.4, 0.5) is 0 Å². The molecule has 1 unspecified atom stereocenters. The Kier molecular flexibility index (Phi) is 3.65. The molecule has 5 heteroatoms. The number of hydrogen-bond donors (Lipinski definition) is 3. The van der Waals surface area contributed by atoms with Gasteiger partial charge in [0.2, 0.25) is 5.91 Å². The second-order valence-corrected chi connectivity index (χ2v) is 3.21. The van der Waals surface area contributed by atoms with Crippen molar-refractivity contribution in [1.82, 2.24) is 10.6 Å². The number of ether oxygens (including phenoxy) is 1. The third-order valence-corrected chi connectivity index (χ3v) is 2.15. The van der Waals surface area contributed by atoms with Crippen LogP contribution in [0.3, 0.4) is 0 Å². The summed E-state index contributed by atoms with van der Waals surface area (Å²) >= 11 is 0. The average molecular weight is 188 g/mol. The Balaban J connectivity index is 2.34. The lowest BCUT2D eigenvalue weighted by Gasteiger charge is -2.19. The largest absolute Gasteiger partial charge is 0.389 e. The molecule has 1 aliphatic rings. The molecular weight excluding hydrogens is 172 g/mol. The van der Waals surface area contributed by atoms with E-state index in [0.717, 1.165) is 0 Å². The van der Waals surface area contributed by atoms with E-state index in [1.807, 2.05) is 0 Å². The van der Waals surface area contributed by atoms with Crippen molar-refractivity contribution in [2.75, 3.05) is 20.3 Å². The predicted molar refractivity (Wildman–Crippen MR) is 47.3 cm³/mol. The number of aliphatic hydroxyl groups is 1. The van der Waals surface area contributed by atoms with Gasteiger partial charge in [-0.05, 0) is 6.92 Å². The summed E-state index contributed by atoms with van der Waals surface area (Å²) < 4.78 is 5.04. The number of hydrogen-bond acceptors (Lipinski definition) is 4. The van der Waals surface area contributed by atoms with E-state index in [9.17, 15) is 9.90 Å². The van der Waals surface area contributed by atoms with Gasteiger partial charge in [0.15, 0.2) is 0 Å². The van der Waals surface area contributed by atoms with E-state index in [0.29, 0.717) is 13.2 Å². The molecule has 13 heavy (non-hydrogen) atoms. The van der Waals surface area contributed by atoms with Crippen LogP contribution in [-0.4, -0.2) is 49.5 Å². The van der Waals surface area contributed by atoms with Crippen molar-refractivity contribution >= 4 is 5.91 Å². The molecule has 0 spiro atoms. The van der Waals surface area contributed by atoms with Crippen LogP contribution in [0.1, 0.15) is 6.92 Å². The van der Waals surface area contributed by atoms with Crippen molar-refractivity contribution in [3.05, 3.63) is 0 Å². The van der Waals surface area contributed by atoms with Crippen molar-refractivity contribution < 1.29 is 14.6 Å². The SMILES string of the molecule is CNC(=O)C(C)N[C@@H]1COC[C@H]1O. The van der Waals surface area contributed by atoms with Crippen LogP contribution in [-0.2, 0) is 9.53 Å². The van der Waals surface area contributed by atoms with Gasteiger partial charge in [-0.15, -0.1) is 0 Å². The fourth-order valence-corrected chi connectivity index (χ4v) is 1.32. The molecule has 1 aliphatic heterocycles. The van der Waals surface area contributed by atoms with Gasteiger partial charge in [-0.25, -0.2) is 0 Å². The molecule has 5 nitrogen and oxygen atoms in total. The highest BCUT2D eigenvalue weighted by Gasteiger charge is 2.28.